The van der Waals surface area contributed by atoms with E-state index in [0.29, 0.717) is 12.8 Å². The Hall–Kier alpha value is -3.02. The number of benzene rings is 1. The highest BCUT2D eigenvalue weighted by molar-refractivity contribution is 6.04. The zero-order chi connectivity index (χ0) is 17.6. The molecule has 1 aliphatic rings. The molecule has 2 N–H and O–H groups in total. The average molecular weight is 335 g/mol. The number of nitrogens with zero attached hydrogens (tertiary/aromatic N) is 3. The molecular formula is C19H21N5O. The van der Waals surface area contributed by atoms with Crippen LogP contribution in [0.15, 0.2) is 59.0 Å². The molecule has 6 heteroatoms. The van der Waals surface area contributed by atoms with Crippen molar-refractivity contribution >= 4 is 23.0 Å². The Morgan fingerprint density at radius 1 is 1.12 bits per heavy atom. The zero-order valence-corrected chi connectivity index (χ0v) is 14.4. The molecule has 1 amide bonds. The van der Waals surface area contributed by atoms with Crippen molar-refractivity contribution in [3.8, 4) is 0 Å². The van der Waals surface area contributed by atoms with Crippen LogP contribution in [0.25, 0.3) is 0 Å². The summed E-state index contributed by atoms with van der Waals surface area (Å²) in [6.07, 6.45) is 4.68. The monoisotopic (exact) mass is 335 g/mol. The van der Waals surface area contributed by atoms with Crippen LogP contribution in [0.1, 0.15) is 37.8 Å². The summed E-state index contributed by atoms with van der Waals surface area (Å²) in [6.45, 7) is 4.22. The fourth-order valence-corrected chi connectivity index (χ4v) is 2.59. The molecule has 128 valence electrons. The van der Waals surface area contributed by atoms with Crippen molar-refractivity contribution in [2.45, 2.75) is 26.7 Å². The molecule has 0 atom stereocenters. The van der Waals surface area contributed by atoms with Gasteiger partial charge in [-0.2, -0.15) is 10.2 Å². The van der Waals surface area contributed by atoms with Crippen LogP contribution in [-0.4, -0.2) is 22.3 Å². The molecule has 0 saturated heterocycles. The van der Waals surface area contributed by atoms with E-state index in [0.717, 1.165) is 28.2 Å². The third-order valence-electron chi connectivity index (χ3n) is 3.95. The summed E-state index contributed by atoms with van der Waals surface area (Å²) in [4.78, 5) is 15.2. The fraction of sp³-hybridized carbons (Fsp3) is 0.263. The number of hydrazone groups is 2. The van der Waals surface area contributed by atoms with Gasteiger partial charge in [-0.15, -0.1) is 0 Å². The molecule has 1 aromatic heterocycles. The Kier molecular flexibility index (Phi) is 5.18. The first-order valence-corrected chi connectivity index (χ1v) is 8.33. The molecule has 0 unspecified atom stereocenters. The molecule has 3 rings (SSSR count). The number of nitrogens with one attached hydrogen (secondary N) is 2. The number of rotatable bonds is 5. The van der Waals surface area contributed by atoms with E-state index in [1.165, 1.54) is 0 Å². The summed E-state index contributed by atoms with van der Waals surface area (Å²) in [5, 5.41) is 8.68. The molecule has 0 bridgehead atoms. The lowest BCUT2D eigenvalue weighted by molar-refractivity contribution is -0.121. The van der Waals surface area contributed by atoms with Gasteiger partial charge in [0.2, 0.25) is 5.91 Å². The van der Waals surface area contributed by atoms with Gasteiger partial charge in [0.05, 0.1) is 17.1 Å². The van der Waals surface area contributed by atoms with Crippen LogP contribution in [-0.2, 0) is 4.79 Å². The van der Waals surface area contributed by atoms with E-state index in [4.69, 9.17) is 0 Å². The van der Waals surface area contributed by atoms with Crippen LogP contribution in [0.4, 0.5) is 5.69 Å². The largest absolute Gasteiger partial charge is 0.278 e. The van der Waals surface area contributed by atoms with E-state index in [-0.39, 0.29) is 11.8 Å². The van der Waals surface area contributed by atoms with E-state index < -0.39 is 0 Å². The van der Waals surface area contributed by atoms with E-state index in [1.807, 2.05) is 36.4 Å². The minimum Gasteiger partial charge on any atom is -0.278 e. The minimum atomic E-state index is -0.0336. The molecule has 6 nitrogen and oxygen atoms in total. The highest BCUT2D eigenvalue weighted by Gasteiger charge is 2.13. The molecule has 25 heavy (non-hydrogen) atoms. The topological polar surface area (TPSA) is 78.7 Å². The van der Waals surface area contributed by atoms with Gasteiger partial charge in [-0.1, -0.05) is 26.0 Å². The van der Waals surface area contributed by atoms with Crippen molar-refractivity contribution in [1.29, 1.82) is 0 Å². The van der Waals surface area contributed by atoms with Crippen LogP contribution >= 0.6 is 0 Å². The van der Waals surface area contributed by atoms with Crippen LogP contribution in [0.5, 0.6) is 0 Å². The minimum absolute atomic E-state index is 0.0336. The predicted molar refractivity (Wildman–Crippen MR) is 99.6 cm³/mol. The molecule has 0 saturated carbocycles. The maximum atomic E-state index is 11.2. The van der Waals surface area contributed by atoms with Crippen molar-refractivity contribution in [1.82, 2.24) is 10.4 Å². The summed E-state index contributed by atoms with van der Waals surface area (Å²) in [6, 6.07) is 11.8. The highest BCUT2D eigenvalue weighted by atomic mass is 16.2. The summed E-state index contributed by atoms with van der Waals surface area (Å²) >= 11 is 0. The molecule has 1 aromatic carbocycles. The molecule has 2 heterocycles. The maximum Gasteiger partial charge on any atom is 0.240 e. The number of pyridine rings is 1. The first-order valence-electron chi connectivity index (χ1n) is 8.33. The third kappa shape index (κ3) is 4.29. The van der Waals surface area contributed by atoms with Gasteiger partial charge in [-0.3, -0.25) is 15.2 Å². The van der Waals surface area contributed by atoms with E-state index >= 15 is 0 Å². The third-order valence-corrected chi connectivity index (χ3v) is 3.95. The predicted octanol–water partition coefficient (Wildman–Crippen LogP) is 3.17. The molecular weight excluding hydrogens is 314 g/mol. The standard InChI is InChI=1S/C19H21N5O/c1-13(2)19(15-9-11-20-12-10-15)24-21-16-5-3-14(4-6-16)17-7-8-18(25)23-22-17/h3-6,9-13,21H,7-8H2,1-2H3,(H,23,25). The second-order valence-electron chi connectivity index (χ2n) is 6.17. The number of amides is 1. The van der Waals surface area contributed by atoms with Crippen LogP contribution in [0, 0.1) is 5.92 Å². The molecule has 0 radical (unpaired) electrons. The summed E-state index contributed by atoms with van der Waals surface area (Å²) in [5.74, 6) is 0.253. The number of hydrogen-bond acceptors (Lipinski definition) is 5. The smallest absolute Gasteiger partial charge is 0.240 e. The van der Waals surface area contributed by atoms with E-state index in [2.05, 4.69) is 39.9 Å². The van der Waals surface area contributed by atoms with Crippen LogP contribution in [0.3, 0.4) is 0 Å². The fourth-order valence-electron chi connectivity index (χ4n) is 2.59. The lowest BCUT2D eigenvalue weighted by atomic mass is 10.0. The maximum absolute atomic E-state index is 11.2. The van der Waals surface area contributed by atoms with Gasteiger partial charge in [-0.25, -0.2) is 5.43 Å². The summed E-state index contributed by atoms with van der Waals surface area (Å²) in [7, 11) is 0. The molecule has 0 aliphatic carbocycles. The number of hydrogen-bond donors (Lipinski definition) is 2. The van der Waals surface area contributed by atoms with Crippen LogP contribution in [0.2, 0.25) is 0 Å². The number of carbonyl (C=O) groups excluding carboxylic acids is 1. The van der Waals surface area contributed by atoms with Gasteiger partial charge < -0.3 is 0 Å². The van der Waals surface area contributed by atoms with Crippen LogP contribution < -0.4 is 10.9 Å². The average Bonchev–Trinajstić information content (AvgIpc) is 2.64. The van der Waals surface area contributed by atoms with Crippen molar-refractivity contribution in [3.05, 3.63) is 59.9 Å². The zero-order valence-electron chi connectivity index (χ0n) is 14.4. The van der Waals surface area contributed by atoms with Gasteiger partial charge in [-0.05, 0) is 35.7 Å². The SMILES string of the molecule is CC(C)C(=NNc1ccc(C2=NNC(=O)CC2)cc1)c1ccncc1. The number of anilines is 1. The van der Waals surface area contributed by atoms with Gasteiger partial charge in [0.15, 0.2) is 0 Å². The lowest BCUT2D eigenvalue weighted by Crippen LogP contribution is -2.25. The Labute approximate surface area is 147 Å². The molecule has 0 fully saturated rings. The molecule has 1 aliphatic heterocycles. The summed E-state index contributed by atoms with van der Waals surface area (Å²) < 4.78 is 0. The Morgan fingerprint density at radius 2 is 1.84 bits per heavy atom. The molecule has 2 aromatic rings. The van der Waals surface area contributed by atoms with Gasteiger partial charge in [0.1, 0.15) is 0 Å². The second kappa shape index (κ2) is 7.70. The number of aromatic nitrogens is 1. The van der Waals surface area contributed by atoms with E-state index in [1.54, 1.807) is 12.4 Å². The number of carbonyl (C=O) groups is 1. The normalized spacial score (nSPS) is 14.9. The summed E-state index contributed by atoms with van der Waals surface area (Å²) in [5.41, 5.74) is 10.5. The van der Waals surface area contributed by atoms with Crippen molar-refractivity contribution in [3.63, 3.8) is 0 Å². The Bertz CT molecular complexity index is 794. The van der Waals surface area contributed by atoms with E-state index in [9.17, 15) is 4.79 Å². The van der Waals surface area contributed by atoms with Gasteiger partial charge >= 0.3 is 0 Å². The van der Waals surface area contributed by atoms with Crippen molar-refractivity contribution in [2.24, 2.45) is 16.1 Å². The second-order valence-corrected chi connectivity index (χ2v) is 6.17. The first-order chi connectivity index (χ1) is 12.1. The molecule has 0 spiro atoms. The lowest BCUT2D eigenvalue weighted by Gasteiger charge is -2.13. The quantitative estimate of drug-likeness (QED) is 0.651. The first kappa shape index (κ1) is 16.8. The van der Waals surface area contributed by atoms with Gasteiger partial charge in [0, 0.05) is 30.8 Å². The van der Waals surface area contributed by atoms with Crippen molar-refractivity contribution < 1.29 is 4.79 Å². The Balaban J connectivity index is 1.73. The Morgan fingerprint density at radius 3 is 2.44 bits per heavy atom. The van der Waals surface area contributed by atoms with Gasteiger partial charge in [0.25, 0.3) is 0 Å². The highest BCUT2D eigenvalue weighted by Crippen LogP contribution is 2.15. The van der Waals surface area contributed by atoms with Crippen molar-refractivity contribution in [2.75, 3.05) is 5.43 Å².